The molecule has 0 aliphatic rings. The molecule has 4 aromatic rings. The molecule has 150 valence electrons. The lowest BCUT2D eigenvalue weighted by atomic mass is 10.0. The van der Waals surface area contributed by atoms with Crippen molar-refractivity contribution in [3.8, 4) is 17.0 Å². The Morgan fingerprint density at radius 2 is 2.03 bits per heavy atom. The van der Waals surface area contributed by atoms with Gasteiger partial charge in [-0.3, -0.25) is 4.79 Å². The van der Waals surface area contributed by atoms with E-state index in [0.29, 0.717) is 17.9 Å². The predicted molar refractivity (Wildman–Crippen MR) is 122 cm³/mol. The number of fused-ring (bicyclic) bond motifs is 1. The molecule has 0 radical (unpaired) electrons. The van der Waals surface area contributed by atoms with Crippen LogP contribution in [0.5, 0.6) is 5.75 Å². The molecule has 0 atom stereocenters. The van der Waals surface area contributed by atoms with Gasteiger partial charge in [0.25, 0.3) is 5.91 Å². The highest BCUT2D eigenvalue weighted by Crippen LogP contribution is 2.27. The van der Waals surface area contributed by atoms with Crippen LogP contribution in [0.25, 0.3) is 22.2 Å². The summed E-state index contributed by atoms with van der Waals surface area (Å²) in [7, 11) is 0. The Balaban J connectivity index is 1.70. The summed E-state index contributed by atoms with van der Waals surface area (Å²) in [6, 6.07) is 19.1. The van der Waals surface area contributed by atoms with Crippen molar-refractivity contribution < 1.29 is 9.53 Å². The molecule has 2 aromatic heterocycles. The van der Waals surface area contributed by atoms with E-state index in [4.69, 9.17) is 9.72 Å². The maximum Gasteiger partial charge on any atom is 0.272 e. The first-order valence-electron chi connectivity index (χ1n) is 9.66. The zero-order valence-electron chi connectivity index (χ0n) is 16.8. The van der Waals surface area contributed by atoms with Crippen LogP contribution in [0.3, 0.4) is 0 Å². The van der Waals surface area contributed by atoms with Crippen molar-refractivity contribution in [3.63, 3.8) is 0 Å². The van der Waals surface area contributed by atoms with E-state index in [0.717, 1.165) is 32.7 Å². The number of aromatic nitrogens is 1. The number of rotatable bonds is 6. The summed E-state index contributed by atoms with van der Waals surface area (Å²) >= 11 is 1.58. The molecule has 0 saturated carbocycles. The number of para-hydroxylation sites is 1. The lowest BCUT2D eigenvalue weighted by molar-refractivity contribution is 0.0956. The Bertz CT molecular complexity index is 1230. The van der Waals surface area contributed by atoms with Crippen LogP contribution in [0.2, 0.25) is 0 Å². The zero-order chi connectivity index (χ0) is 20.9. The van der Waals surface area contributed by atoms with E-state index in [-0.39, 0.29) is 5.91 Å². The van der Waals surface area contributed by atoms with Crippen LogP contribution in [0, 0.1) is 6.92 Å². The van der Waals surface area contributed by atoms with Crippen molar-refractivity contribution in [2.75, 3.05) is 6.61 Å². The second kappa shape index (κ2) is 8.88. The highest BCUT2D eigenvalue weighted by Gasteiger charge is 2.14. The molecule has 1 amide bonds. The topological polar surface area (TPSA) is 63.6 Å². The van der Waals surface area contributed by atoms with Crippen LogP contribution >= 0.6 is 11.3 Å². The van der Waals surface area contributed by atoms with E-state index in [1.165, 1.54) is 0 Å². The van der Waals surface area contributed by atoms with Crippen LogP contribution in [0.15, 0.2) is 71.1 Å². The third-order valence-corrected chi connectivity index (χ3v) is 5.60. The third kappa shape index (κ3) is 4.23. The normalized spacial score (nSPS) is 11.1. The average molecular weight is 416 g/mol. The quantitative estimate of drug-likeness (QED) is 0.337. The molecule has 0 fully saturated rings. The number of carbonyl (C=O) groups excluding carboxylic acids is 1. The summed E-state index contributed by atoms with van der Waals surface area (Å²) in [5, 5.41) is 6.92. The van der Waals surface area contributed by atoms with Gasteiger partial charge >= 0.3 is 0 Å². The van der Waals surface area contributed by atoms with Crippen molar-refractivity contribution in [1.29, 1.82) is 0 Å². The predicted octanol–water partition coefficient (Wildman–Crippen LogP) is 5.43. The maximum atomic E-state index is 13.0. The molecule has 0 spiro atoms. The molecular formula is C24H21N3O2S. The summed E-state index contributed by atoms with van der Waals surface area (Å²) in [6.45, 7) is 4.55. The molecule has 0 unspecified atom stereocenters. The molecule has 30 heavy (non-hydrogen) atoms. The van der Waals surface area contributed by atoms with Gasteiger partial charge in [-0.05, 0) is 55.1 Å². The first-order valence-corrected chi connectivity index (χ1v) is 10.5. The number of nitrogens with one attached hydrogen (secondary N) is 1. The third-order valence-electron chi connectivity index (χ3n) is 4.65. The molecular weight excluding hydrogens is 394 g/mol. The Morgan fingerprint density at radius 1 is 1.17 bits per heavy atom. The highest BCUT2D eigenvalue weighted by molar-refractivity contribution is 7.11. The molecule has 0 saturated heterocycles. The van der Waals surface area contributed by atoms with Crippen molar-refractivity contribution in [2.24, 2.45) is 5.10 Å². The maximum absolute atomic E-state index is 13.0. The number of ether oxygens (including phenoxy) is 1. The monoisotopic (exact) mass is 415 g/mol. The molecule has 6 heteroatoms. The Morgan fingerprint density at radius 3 is 2.83 bits per heavy atom. The SMILES string of the molecule is CCOc1cccc(-c2cc(C(=O)N/N=C/c3sccc3C)c3ccccc3n2)c1. The minimum Gasteiger partial charge on any atom is -0.494 e. The lowest BCUT2D eigenvalue weighted by Gasteiger charge is -2.10. The van der Waals surface area contributed by atoms with E-state index >= 15 is 0 Å². The van der Waals surface area contributed by atoms with Gasteiger partial charge in [0.15, 0.2) is 0 Å². The second-order valence-electron chi connectivity index (χ2n) is 6.70. The first-order chi connectivity index (χ1) is 14.7. The molecule has 1 N–H and O–H groups in total. The number of carbonyl (C=O) groups is 1. The van der Waals surface area contributed by atoms with Crippen LogP contribution in [-0.2, 0) is 0 Å². The largest absolute Gasteiger partial charge is 0.494 e. The number of aryl methyl sites for hydroxylation is 1. The van der Waals surface area contributed by atoms with Gasteiger partial charge < -0.3 is 4.74 Å². The van der Waals surface area contributed by atoms with Crippen LogP contribution < -0.4 is 10.2 Å². The summed E-state index contributed by atoms with van der Waals surface area (Å²) in [5.74, 6) is 0.494. The Hall–Kier alpha value is -3.51. The highest BCUT2D eigenvalue weighted by atomic mass is 32.1. The van der Waals surface area contributed by atoms with Gasteiger partial charge in [0.2, 0.25) is 0 Å². The number of pyridine rings is 1. The lowest BCUT2D eigenvalue weighted by Crippen LogP contribution is -2.18. The summed E-state index contributed by atoms with van der Waals surface area (Å²) < 4.78 is 5.61. The summed E-state index contributed by atoms with van der Waals surface area (Å²) in [5.41, 5.74) is 6.65. The fraction of sp³-hybridized carbons (Fsp3) is 0.125. The second-order valence-corrected chi connectivity index (χ2v) is 7.65. The average Bonchev–Trinajstić information content (AvgIpc) is 3.18. The van der Waals surface area contributed by atoms with Crippen molar-refractivity contribution in [2.45, 2.75) is 13.8 Å². The number of hydrogen-bond acceptors (Lipinski definition) is 5. The number of hydrazone groups is 1. The van der Waals surface area contributed by atoms with Gasteiger partial charge in [0, 0.05) is 15.8 Å². The van der Waals surface area contributed by atoms with E-state index in [2.05, 4.69) is 10.5 Å². The number of benzene rings is 2. The van der Waals surface area contributed by atoms with Crippen molar-refractivity contribution in [1.82, 2.24) is 10.4 Å². The smallest absolute Gasteiger partial charge is 0.272 e. The molecule has 0 aliphatic heterocycles. The van der Waals surface area contributed by atoms with Gasteiger partial charge in [-0.2, -0.15) is 5.10 Å². The molecule has 0 aliphatic carbocycles. The molecule has 2 aromatic carbocycles. The van der Waals surface area contributed by atoms with Gasteiger partial charge in [0.05, 0.1) is 29.6 Å². The number of amides is 1. The summed E-state index contributed by atoms with van der Waals surface area (Å²) in [4.78, 5) is 18.7. The van der Waals surface area contributed by atoms with Crippen molar-refractivity contribution in [3.05, 3.63) is 82.0 Å². The summed E-state index contributed by atoms with van der Waals surface area (Å²) in [6.07, 6.45) is 1.67. The van der Waals surface area contributed by atoms with E-state index in [9.17, 15) is 4.79 Å². The minimum absolute atomic E-state index is 0.277. The zero-order valence-corrected chi connectivity index (χ0v) is 17.6. The van der Waals surface area contributed by atoms with E-state index in [1.807, 2.05) is 73.8 Å². The first kappa shape index (κ1) is 19.8. The fourth-order valence-electron chi connectivity index (χ4n) is 3.15. The van der Waals surface area contributed by atoms with Crippen LogP contribution in [-0.4, -0.2) is 23.7 Å². The molecule has 5 nitrogen and oxygen atoms in total. The number of nitrogens with zero attached hydrogens (tertiary/aromatic N) is 2. The molecule has 0 bridgehead atoms. The van der Waals surface area contributed by atoms with Crippen molar-refractivity contribution >= 4 is 34.4 Å². The fourth-order valence-corrected chi connectivity index (χ4v) is 3.94. The Labute approximate surface area is 179 Å². The number of thiophene rings is 1. The van der Waals surface area contributed by atoms with Gasteiger partial charge in [-0.25, -0.2) is 10.4 Å². The van der Waals surface area contributed by atoms with Gasteiger partial charge in [-0.1, -0.05) is 30.3 Å². The van der Waals surface area contributed by atoms with Gasteiger partial charge in [-0.15, -0.1) is 11.3 Å². The molecule has 4 rings (SSSR count). The van der Waals surface area contributed by atoms with E-state index < -0.39 is 0 Å². The number of hydrogen-bond donors (Lipinski definition) is 1. The van der Waals surface area contributed by atoms with Crippen LogP contribution in [0.1, 0.15) is 27.7 Å². The Kier molecular flexibility index (Phi) is 5.86. The van der Waals surface area contributed by atoms with Gasteiger partial charge in [0.1, 0.15) is 5.75 Å². The molecule has 2 heterocycles. The minimum atomic E-state index is -0.277. The van der Waals surface area contributed by atoms with Crippen LogP contribution in [0.4, 0.5) is 0 Å². The standard InChI is InChI=1S/C24H21N3O2S/c1-3-29-18-8-6-7-17(13-18)22-14-20(19-9-4-5-10-21(19)26-22)24(28)27-25-15-23-16(2)11-12-30-23/h4-15H,3H2,1-2H3,(H,27,28)/b25-15+. The van der Waals surface area contributed by atoms with E-state index in [1.54, 1.807) is 23.6 Å².